The van der Waals surface area contributed by atoms with Gasteiger partial charge in [-0.15, -0.1) is 0 Å². The Morgan fingerprint density at radius 3 is 2.72 bits per heavy atom. The average molecular weight is 344 g/mol. The highest BCUT2D eigenvalue weighted by Crippen LogP contribution is 2.13. The third kappa shape index (κ3) is 8.14. The molecule has 25 heavy (non-hydrogen) atoms. The smallest absolute Gasteiger partial charge is 0.331 e. The summed E-state index contributed by atoms with van der Waals surface area (Å²) in [5.41, 5.74) is 1.32. The third-order valence-electron chi connectivity index (χ3n) is 4.29. The summed E-state index contributed by atoms with van der Waals surface area (Å²) in [6, 6.07) is 10.3. The van der Waals surface area contributed by atoms with Crippen LogP contribution in [0.25, 0.3) is 0 Å². The van der Waals surface area contributed by atoms with Crippen LogP contribution in [-0.4, -0.2) is 34.5 Å². The van der Waals surface area contributed by atoms with E-state index in [9.17, 15) is 15.0 Å². The molecule has 0 unspecified atom stereocenters. The van der Waals surface area contributed by atoms with Gasteiger partial charge in [0, 0.05) is 12.5 Å². The molecule has 1 heterocycles. The zero-order valence-corrected chi connectivity index (χ0v) is 14.6. The van der Waals surface area contributed by atoms with Crippen molar-refractivity contribution in [2.24, 2.45) is 0 Å². The van der Waals surface area contributed by atoms with Crippen LogP contribution >= 0.6 is 0 Å². The molecule has 0 spiro atoms. The molecule has 0 saturated carbocycles. The summed E-state index contributed by atoms with van der Waals surface area (Å²) < 4.78 is 5.11. The highest BCUT2D eigenvalue weighted by Gasteiger charge is 2.14. The summed E-state index contributed by atoms with van der Waals surface area (Å²) in [6.45, 7) is 0. The van der Waals surface area contributed by atoms with E-state index in [1.54, 1.807) is 12.2 Å². The van der Waals surface area contributed by atoms with Crippen LogP contribution in [0.1, 0.15) is 44.1 Å². The first-order valence-electron chi connectivity index (χ1n) is 9.07. The molecule has 1 aromatic rings. The molecule has 136 valence electrons. The summed E-state index contributed by atoms with van der Waals surface area (Å²) in [5, 5.41) is 20.0. The molecule has 0 amide bonds. The number of unbranched alkanes of at least 4 members (excludes halogenated alkanes) is 1. The molecular weight excluding hydrogens is 316 g/mol. The lowest BCUT2D eigenvalue weighted by molar-refractivity contribution is -0.141. The second kappa shape index (κ2) is 10.9. The second-order valence-corrected chi connectivity index (χ2v) is 6.55. The van der Waals surface area contributed by atoms with E-state index < -0.39 is 12.2 Å². The molecule has 0 bridgehead atoms. The number of hydrogen-bond acceptors (Lipinski definition) is 4. The van der Waals surface area contributed by atoms with Crippen LogP contribution in [-0.2, 0) is 16.0 Å². The molecule has 4 nitrogen and oxygen atoms in total. The molecule has 0 aromatic heterocycles. The van der Waals surface area contributed by atoms with E-state index in [-0.39, 0.29) is 12.1 Å². The van der Waals surface area contributed by atoms with Gasteiger partial charge in [-0.25, -0.2) is 4.79 Å². The Morgan fingerprint density at radius 1 is 1.16 bits per heavy atom. The van der Waals surface area contributed by atoms with E-state index in [1.807, 2.05) is 24.3 Å². The van der Waals surface area contributed by atoms with E-state index in [0.717, 1.165) is 19.3 Å². The molecule has 0 saturated heterocycles. The molecule has 1 aliphatic heterocycles. The van der Waals surface area contributed by atoms with Gasteiger partial charge >= 0.3 is 5.97 Å². The maximum absolute atomic E-state index is 11.1. The summed E-state index contributed by atoms with van der Waals surface area (Å²) in [7, 11) is 0. The summed E-state index contributed by atoms with van der Waals surface area (Å²) >= 11 is 0. The van der Waals surface area contributed by atoms with E-state index in [4.69, 9.17) is 4.74 Å². The molecule has 3 atom stereocenters. The lowest BCUT2D eigenvalue weighted by Crippen LogP contribution is -2.19. The molecule has 1 aromatic carbocycles. The Balaban J connectivity index is 1.56. The predicted octanol–water partition coefficient (Wildman–Crippen LogP) is 3.33. The fourth-order valence-corrected chi connectivity index (χ4v) is 2.92. The molecular formula is C21H28O4. The average Bonchev–Trinajstić information content (AvgIpc) is 2.60. The van der Waals surface area contributed by atoms with Gasteiger partial charge in [-0.1, -0.05) is 48.9 Å². The number of cyclic esters (lactones) is 1. The van der Waals surface area contributed by atoms with Crippen LogP contribution in [0.3, 0.4) is 0 Å². The first-order chi connectivity index (χ1) is 12.1. The lowest BCUT2D eigenvalue weighted by Gasteiger charge is -2.16. The molecule has 2 rings (SSSR count). The number of benzene rings is 1. The van der Waals surface area contributed by atoms with Crippen LogP contribution in [0, 0.1) is 0 Å². The SMILES string of the molecule is O=C1C=CC[C@@H](/C=C/C[C@@H](O)C[C@H](O)CCCCc2ccccc2)O1. The van der Waals surface area contributed by atoms with Crippen molar-refractivity contribution < 1.29 is 19.7 Å². The predicted molar refractivity (Wildman–Crippen MR) is 98.0 cm³/mol. The first-order valence-corrected chi connectivity index (χ1v) is 9.07. The minimum absolute atomic E-state index is 0.243. The van der Waals surface area contributed by atoms with Crippen molar-refractivity contribution in [1.29, 1.82) is 0 Å². The largest absolute Gasteiger partial charge is 0.455 e. The molecule has 0 radical (unpaired) electrons. The molecule has 1 aliphatic rings. The van der Waals surface area contributed by atoms with Crippen molar-refractivity contribution in [2.45, 2.75) is 63.3 Å². The topological polar surface area (TPSA) is 66.8 Å². The number of rotatable bonds is 10. The zero-order chi connectivity index (χ0) is 17.9. The number of aliphatic hydroxyl groups excluding tert-OH is 2. The van der Waals surface area contributed by atoms with Crippen LogP contribution < -0.4 is 0 Å². The van der Waals surface area contributed by atoms with Gasteiger partial charge in [0.25, 0.3) is 0 Å². The van der Waals surface area contributed by atoms with Gasteiger partial charge in [0.1, 0.15) is 6.10 Å². The van der Waals surface area contributed by atoms with Crippen molar-refractivity contribution in [1.82, 2.24) is 0 Å². The van der Waals surface area contributed by atoms with Crippen LogP contribution in [0.15, 0.2) is 54.6 Å². The number of aliphatic hydroxyl groups is 2. The van der Waals surface area contributed by atoms with Crippen molar-refractivity contribution >= 4 is 5.97 Å². The van der Waals surface area contributed by atoms with Crippen molar-refractivity contribution in [2.75, 3.05) is 0 Å². The zero-order valence-electron chi connectivity index (χ0n) is 14.6. The maximum Gasteiger partial charge on any atom is 0.331 e. The number of hydrogen-bond donors (Lipinski definition) is 2. The van der Waals surface area contributed by atoms with Crippen LogP contribution in [0.4, 0.5) is 0 Å². The van der Waals surface area contributed by atoms with Gasteiger partial charge < -0.3 is 14.9 Å². The number of carbonyl (C=O) groups is 1. The Kier molecular flexibility index (Phi) is 8.43. The fourth-order valence-electron chi connectivity index (χ4n) is 2.92. The Morgan fingerprint density at radius 2 is 1.96 bits per heavy atom. The van der Waals surface area contributed by atoms with Gasteiger partial charge in [-0.05, 0) is 43.7 Å². The Bertz CT molecular complexity index is 565. The van der Waals surface area contributed by atoms with Crippen molar-refractivity contribution in [3.63, 3.8) is 0 Å². The van der Waals surface area contributed by atoms with E-state index in [1.165, 1.54) is 11.6 Å². The molecule has 0 aliphatic carbocycles. The normalized spacial score (nSPS) is 19.8. The Hall–Kier alpha value is -1.91. The second-order valence-electron chi connectivity index (χ2n) is 6.55. The van der Waals surface area contributed by atoms with Gasteiger partial charge in [0.05, 0.1) is 12.2 Å². The van der Waals surface area contributed by atoms with Crippen LogP contribution in [0.5, 0.6) is 0 Å². The van der Waals surface area contributed by atoms with Crippen molar-refractivity contribution in [3.8, 4) is 0 Å². The number of ether oxygens (including phenoxy) is 1. The molecule has 2 N–H and O–H groups in total. The minimum Gasteiger partial charge on any atom is -0.455 e. The number of aryl methyl sites for hydroxylation is 1. The minimum atomic E-state index is -0.574. The van der Waals surface area contributed by atoms with Crippen LogP contribution in [0.2, 0.25) is 0 Å². The van der Waals surface area contributed by atoms with Gasteiger partial charge in [-0.2, -0.15) is 0 Å². The third-order valence-corrected chi connectivity index (χ3v) is 4.29. The first kappa shape index (κ1) is 19.4. The summed E-state index contributed by atoms with van der Waals surface area (Å²) in [4.78, 5) is 11.1. The fraction of sp³-hybridized carbons (Fsp3) is 0.476. The van der Waals surface area contributed by atoms with E-state index in [0.29, 0.717) is 25.7 Å². The van der Waals surface area contributed by atoms with Gasteiger partial charge in [0.15, 0.2) is 0 Å². The number of carbonyl (C=O) groups excluding carboxylic acids is 1. The highest BCUT2D eigenvalue weighted by molar-refractivity contribution is 5.82. The molecule has 0 fully saturated rings. The summed E-state index contributed by atoms with van der Waals surface area (Å²) in [6.07, 6.45) is 10.8. The Labute approximate surface area is 149 Å². The lowest BCUT2D eigenvalue weighted by atomic mass is 10.0. The highest BCUT2D eigenvalue weighted by atomic mass is 16.5. The quantitative estimate of drug-likeness (QED) is 0.388. The monoisotopic (exact) mass is 344 g/mol. The number of esters is 1. The summed E-state index contributed by atoms with van der Waals surface area (Å²) in [5.74, 6) is -0.327. The van der Waals surface area contributed by atoms with E-state index in [2.05, 4.69) is 12.1 Å². The molecule has 4 heteroatoms. The van der Waals surface area contributed by atoms with E-state index >= 15 is 0 Å². The van der Waals surface area contributed by atoms with Gasteiger partial charge in [-0.3, -0.25) is 0 Å². The van der Waals surface area contributed by atoms with Crippen molar-refractivity contribution in [3.05, 3.63) is 60.2 Å². The standard InChI is InChI=1S/C21H28O4/c22-18(11-5-4-10-17-8-2-1-3-9-17)16-19(23)12-6-13-20-14-7-15-21(24)25-20/h1-3,6-9,13,15,18-20,22-23H,4-5,10-12,14,16H2/b13-6+/t18-,19-,20-/m1/s1. The van der Waals surface area contributed by atoms with Gasteiger partial charge in [0.2, 0.25) is 0 Å². The maximum atomic E-state index is 11.1.